The summed E-state index contributed by atoms with van der Waals surface area (Å²) in [5, 5.41) is 0.530. The summed E-state index contributed by atoms with van der Waals surface area (Å²) in [6.45, 7) is 10.3. The Morgan fingerprint density at radius 1 is 1.38 bits per heavy atom. The summed E-state index contributed by atoms with van der Waals surface area (Å²) in [5.41, 5.74) is 0.926. The smallest absolute Gasteiger partial charge is 0.144 e. The zero-order valence-corrected chi connectivity index (χ0v) is 11.3. The quantitative estimate of drug-likeness (QED) is 0.742. The van der Waals surface area contributed by atoms with Gasteiger partial charge in [-0.05, 0) is 39.8 Å². The highest BCUT2D eigenvalue weighted by Gasteiger charge is 2.11. The average molecular weight is 242 g/mol. The monoisotopic (exact) mass is 241 g/mol. The van der Waals surface area contributed by atoms with Crippen molar-refractivity contribution >= 4 is 11.6 Å². The third kappa shape index (κ3) is 4.06. The van der Waals surface area contributed by atoms with Crippen molar-refractivity contribution in [1.82, 2.24) is 14.9 Å². The fourth-order valence-corrected chi connectivity index (χ4v) is 1.90. The van der Waals surface area contributed by atoms with Crippen molar-refractivity contribution in [3.63, 3.8) is 0 Å². The summed E-state index contributed by atoms with van der Waals surface area (Å²) >= 11 is 5.92. The van der Waals surface area contributed by atoms with Crippen LogP contribution >= 0.6 is 11.6 Å². The number of hydrogen-bond donors (Lipinski definition) is 0. The van der Waals surface area contributed by atoms with Crippen LogP contribution in [0.25, 0.3) is 0 Å². The highest BCUT2D eigenvalue weighted by Crippen LogP contribution is 2.10. The van der Waals surface area contributed by atoms with Crippen molar-refractivity contribution in [3.8, 4) is 0 Å². The molecule has 90 valence electrons. The van der Waals surface area contributed by atoms with Crippen LogP contribution in [-0.2, 0) is 6.54 Å². The molecule has 0 bridgehead atoms. The fourth-order valence-electron chi connectivity index (χ4n) is 1.65. The Morgan fingerprint density at radius 3 is 2.56 bits per heavy atom. The molecule has 0 unspecified atom stereocenters. The van der Waals surface area contributed by atoms with Crippen molar-refractivity contribution in [2.45, 2.75) is 46.7 Å². The van der Waals surface area contributed by atoms with E-state index in [1.54, 1.807) is 6.07 Å². The van der Waals surface area contributed by atoms with Gasteiger partial charge >= 0.3 is 0 Å². The molecule has 0 atom stereocenters. The van der Waals surface area contributed by atoms with Gasteiger partial charge in [0, 0.05) is 11.7 Å². The highest BCUT2D eigenvalue weighted by molar-refractivity contribution is 6.29. The lowest BCUT2D eigenvalue weighted by Crippen LogP contribution is -2.31. The summed E-state index contributed by atoms with van der Waals surface area (Å²) < 4.78 is 0. The minimum absolute atomic E-state index is 0.503. The van der Waals surface area contributed by atoms with Gasteiger partial charge in [0.25, 0.3) is 0 Å². The predicted molar refractivity (Wildman–Crippen MR) is 67.6 cm³/mol. The van der Waals surface area contributed by atoms with Gasteiger partial charge in [0.15, 0.2) is 0 Å². The molecule has 0 saturated heterocycles. The molecule has 0 spiro atoms. The zero-order valence-electron chi connectivity index (χ0n) is 10.5. The first-order valence-electron chi connectivity index (χ1n) is 5.77. The Morgan fingerprint density at radius 2 is 2.06 bits per heavy atom. The molecule has 3 nitrogen and oxygen atoms in total. The van der Waals surface area contributed by atoms with Crippen molar-refractivity contribution in [2.24, 2.45) is 0 Å². The van der Waals surface area contributed by atoms with Crippen LogP contribution in [0.3, 0.4) is 0 Å². The van der Waals surface area contributed by atoms with E-state index in [4.69, 9.17) is 11.6 Å². The molecule has 0 saturated carbocycles. The molecule has 0 amide bonds. The van der Waals surface area contributed by atoms with Crippen molar-refractivity contribution in [2.75, 3.05) is 6.54 Å². The summed E-state index contributed by atoms with van der Waals surface area (Å²) in [7, 11) is 0. The first kappa shape index (κ1) is 13.4. The van der Waals surface area contributed by atoms with E-state index in [-0.39, 0.29) is 0 Å². The van der Waals surface area contributed by atoms with Gasteiger partial charge in [0.1, 0.15) is 11.0 Å². The first-order chi connectivity index (χ1) is 7.52. The topological polar surface area (TPSA) is 29.0 Å². The van der Waals surface area contributed by atoms with Gasteiger partial charge in [0.05, 0.1) is 6.54 Å². The largest absolute Gasteiger partial charge is 0.294 e. The normalized spacial score (nSPS) is 11.4. The van der Waals surface area contributed by atoms with Gasteiger partial charge in [-0.3, -0.25) is 4.90 Å². The van der Waals surface area contributed by atoms with Crippen LogP contribution in [0.2, 0.25) is 5.15 Å². The van der Waals surface area contributed by atoms with Crippen LogP contribution in [0, 0.1) is 6.92 Å². The molecule has 0 radical (unpaired) electrons. The molecular formula is C12H20ClN3. The summed E-state index contributed by atoms with van der Waals surface area (Å²) in [4.78, 5) is 11.0. The Balaban J connectivity index is 2.76. The molecule has 0 aliphatic heterocycles. The maximum atomic E-state index is 5.92. The van der Waals surface area contributed by atoms with Gasteiger partial charge in [0.2, 0.25) is 0 Å². The molecular weight excluding hydrogens is 222 g/mol. The van der Waals surface area contributed by atoms with E-state index < -0.39 is 0 Å². The molecule has 16 heavy (non-hydrogen) atoms. The Labute approximate surface area is 103 Å². The fraction of sp³-hybridized carbons (Fsp3) is 0.667. The number of nitrogens with zero attached hydrogens (tertiary/aromatic N) is 3. The first-order valence-corrected chi connectivity index (χ1v) is 6.14. The van der Waals surface area contributed by atoms with E-state index >= 15 is 0 Å². The third-order valence-corrected chi connectivity index (χ3v) is 2.65. The maximum absolute atomic E-state index is 5.92. The summed E-state index contributed by atoms with van der Waals surface area (Å²) in [5.74, 6) is 0.812. The van der Waals surface area contributed by atoms with Crippen molar-refractivity contribution in [1.29, 1.82) is 0 Å². The van der Waals surface area contributed by atoms with Crippen molar-refractivity contribution < 1.29 is 0 Å². The molecule has 1 heterocycles. The molecule has 0 aliphatic carbocycles. The Kier molecular flexibility index (Phi) is 5.16. The Bertz CT molecular complexity index is 319. The molecule has 4 heteroatoms. The van der Waals surface area contributed by atoms with E-state index in [0.717, 1.165) is 31.0 Å². The lowest BCUT2D eigenvalue weighted by Gasteiger charge is -2.25. The molecule has 0 aliphatic rings. The second-order valence-electron chi connectivity index (χ2n) is 4.31. The van der Waals surface area contributed by atoms with Crippen LogP contribution in [0.5, 0.6) is 0 Å². The van der Waals surface area contributed by atoms with Crippen LogP contribution in [-0.4, -0.2) is 27.5 Å². The Hall–Kier alpha value is -0.670. The molecule has 1 aromatic heterocycles. The molecule has 0 aromatic carbocycles. The van der Waals surface area contributed by atoms with Gasteiger partial charge in [-0.25, -0.2) is 9.97 Å². The number of aryl methyl sites for hydroxylation is 1. The van der Waals surface area contributed by atoms with Crippen LogP contribution in [0.1, 0.15) is 38.7 Å². The van der Waals surface area contributed by atoms with E-state index in [2.05, 4.69) is 35.6 Å². The minimum Gasteiger partial charge on any atom is -0.294 e. The lowest BCUT2D eigenvalue weighted by atomic mass is 10.3. The van der Waals surface area contributed by atoms with Gasteiger partial charge in [-0.1, -0.05) is 18.5 Å². The van der Waals surface area contributed by atoms with Gasteiger partial charge < -0.3 is 0 Å². The second kappa shape index (κ2) is 6.16. The maximum Gasteiger partial charge on any atom is 0.144 e. The van der Waals surface area contributed by atoms with Crippen molar-refractivity contribution in [3.05, 3.63) is 22.7 Å². The molecule has 0 N–H and O–H groups in total. The predicted octanol–water partition coefficient (Wildman–Crippen LogP) is 3.06. The molecule has 1 aromatic rings. The zero-order chi connectivity index (χ0) is 12.1. The second-order valence-corrected chi connectivity index (χ2v) is 4.70. The van der Waals surface area contributed by atoms with E-state index in [0.29, 0.717) is 11.2 Å². The summed E-state index contributed by atoms with van der Waals surface area (Å²) in [6, 6.07) is 2.28. The van der Waals surface area contributed by atoms with E-state index in [9.17, 15) is 0 Å². The van der Waals surface area contributed by atoms with E-state index in [1.165, 1.54) is 0 Å². The van der Waals surface area contributed by atoms with Crippen LogP contribution < -0.4 is 0 Å². The summed E-state index contributed by atoms with van der Waals surface area (Å²) in [6.07, 6.45) is 1.14. The number of halogens is 1. The number of hydrogen-bond acceptors (Lipinski definition) is 3. The van der Waals surface area contributed by atoms with Crippen LogP contribution in [0.4, 0.5) is 0 Å². The van der Waals surface area contributed by atoms with Crippen LogP contribution in [0.15, 0.2) is 6.07 Å². The van der Waals surface area contributed by atoms with Gasteiger partial charge in [-0.15, -0.1) is 0 Å². The molecule has 0 fully saturated rings. The lowest BCUT2D eigenvalue weighted by molar-refractivity contribution is 0.208. The third-order valence-electron chi connectivity index (χ3n) is 2.45. The average Bonchev–Trinajstić information content (AvgIpc) is 2.15. The highest BCUT2D eigenvalue weighted by atomic mass is 35.5. The standard InChI is InChI=1S/C12H20ClN3/c1-5-6-16(9(2)3)8-12-14-10(4)7-11(13)15-12/h7,9H,5-6,8H2,1-4H3. The van der Waals surface area contributed by atoms with Gasteiger partial charge in [-0.2, -0.15) is 0 Å². The molecule has 1 rings (SSSR count). The number of aromatic nitrogens is 2. The number of rotatable bonds is 5. The minimum atomic E-state index is 0.503. The van der Waals surface area contributed by atoms with E-state index in [1.807, 2.05) is 6.92 Å². The SMILES string of the molecule is CCCN(Cc1nc(C)cc(Cl)n1)C(C)C.